The first-order chi connectivity index (χ1) is 13.7. The number of rotatable bonds is 8. The first-order valence-electron chi connectivity index (χ1n) is 8.16. The number of carboxylic acids is 1. The summed E-state index contributed by atoms with van der Waals surface area (Å²) in [6, 6.07) is 12.3. The van der Waals surface area contributed by atoms with Gasteiger partial charge < -0.3 is 15.6 Å². The summed E-state index contributed by atoms with van der Waals surface area (Å²) in [4.78, 5) is 21.9. The number of benzene rings is 2. The van der Waals surface area contributed by atoms with E-state index in [-0.39, 0.29) is 27.3 Å². The van der Waals surface area contributed by atoms with Crippen LogP contribution in [0.5, 0.6) is 10.9 Å². The summed E-state index contributed by atoms with van der Waals surface area (Å²) in [7, 11) is -3.77. The predicted octanol–water partition coefficient (Wildman–Crippen LogP) is 2.03. The zero-order valence-electron chi connectivity index (χ0n) is 14.8. The lowest BCUT2D eigenvalue weighted by Gasteiger charge is -2.03. The summed E-state index contributed by atoms with van der Waals surface area (Å²) in [5, 5.41) is 16.3. The minimum absolute atomic E-state index is 0.0140. The van der Waals surface area contributed by atoms with Gasteiger partial charge in [-0.15, -0.1) is 5.10 Å². The molecule has 0 spiro atoms. The Labute approximate surface area is 169 Å². The number of aliphatic carboxylic acids is 1. The quantitative estimate of drug-likeness (QED) is 0.548. The number of amides is 1. The average Bonchev–Trinajstić information content (AvgIpc) is 3.11. The molecule has 3 rings (SSSR count). The second-order valence-corrected chi connectivity index (χ2v) is 9.08. The average molecular weight is 433 g/mol. The van der Waals surface area contributed by atoms with Crippen LogP contribution in [0.15, 0.2) is 52.9 Å². The largest absolute Gasteiger partial charge is 0.481 e. The molecule has 0 aliphatic rings. The third kappa shape index (κ3) is 5.36. The maximum absolute atomic E-state index is 12.6. The number of carbonyl (C=O) groups is 2. The van der Waals surface area contributed by atoms with Crippen LogP contribution in [0.1, 0.15) is 21.5 Å². The maximum atomic E-state index is 12.6. The fraction of sp³-hybridized carbons (Fsp3) is 0.111. The van der Waals surface area contributed by atoms with Crippen molar-refractivity contribution in [3.05, 3.63) is 65.2 Å². The van der Waals surface area contributed by atoms with E-state index in [0.29, 0.717) is 16.9 Å². The summed E-state index contributed by atoms with van der Waals surface area (Å²) in [5.41, 5.74) is 6.45. The van der Waals surface area contributed by atoms with Crippen molar-refractivity contribution in [2.24, 2.45) is 5.73 Å². The number of carboxylic acid groups (broad SMARTS) is 1. The number of sulfone groups is 1. The van der Waals surface area contributed by atoms with Gasteiger partial charge in [0.2, 0.25) is 20.1 Å². The molecule has 29 heavy (non-hydrogen) atoms. The fourth-order valence-corrected chi connectivity index (χ4v) is 4.67. The predicted molar refractivity (Wildman–Crippen MR) is 104 cm³/mol. The molecule has 0 radical (unpaired) electrons. The number of nitrogens with zero attached hydrogens (tertiary/aromatic N) is 2. The lowest BCUT2D eigenvalue weighted by Crippen LogP contribution is -2.11. The van der Waals surface area contributed by atoms with E-state index in [4.69, 9.17) is 15.6 Å². The second kappa shape index (κ2) is 8.37. The van der Waals surface area contributed by atoms with Crippen LogP contribution < -0.4 is 10.5 Å². The lowest BCUT2D eigenvalue weighted by atomic mass is 10.1. The Kier molecular flexibility index (Phi) is 5.89. The van der Waals surface area contributed by atoms with E-state index in [9.17, 15) is 18.0 Å². The van der Waals surface area contributed by atoms with E-state index in [1.54, 1.807) is 18.2 Å². The zero-order valence-corrected chi connectivity index (χ0v) is 16.4. The van der Waals surface area contributed by atoms with Crippen LogP contribution >= 0.6 is 11.3 Å². The van der Waals surface area contributed by atoms with Gasteiger partial charge in [0.15, 0.2) is 0 Å². The topological polar surface area (TPSA) is 150 Å². The molecule has 0 saturated heterocycles. The Morgan fingerprint density at radius 2 is 1.79 bits per heavy atom. The van der Waals surface area contributed by atoms with E-state index < -0.39 is 21.7 Å². The molecule has 2 aromatic carbocycles. The molecule has 0 fully saturated rings. The number of nitrogens with two attached hydrogens (primary N) is 1. The molecule has 1 amide bonds. The van der Waals surface area contributed by atoms with Gasteiger partial charge in [-0.05, 0) is 46.7 Å². The Hall–Kier alpha value is -3.31. The molecule has 11 heteroatoms. The van der Waals surface area contributed by atoms with Gasteiger partial charge in [0.05, 0.1) is 12.2 Å². The third-order valence-electron chi connectivity index (χ3n) is 3.71. The molecule has 3 aromatic rings. The fourth-order valence-electron chi connectivity index (χ4n) is 2.40. The molecule has 0 aliphatic carbocycles. The van der Waals surface area contributed by atoms with Gasteiger partial charge in [-0.1, -0.05) is 29.4 Å². The van der Waals surface area contributed by atoms with E-state index >= 15 is 0 Å². The normalized spacial score (nSPS) is 11.2. The number of primary amides is 1. The summed E-state index contributed by atoms with van der Waals surface area (Å²) >= 11 is 0.759. The second-order valence-electron chi connectivity index (χ2n) is 5.97. The van der Waals surface area contributed by atoms with Crippen molar-refractivity contribution in [1.82, 2.24) is 10.2 Å². The van der Waals surface area contributed by atoms with E-state index in [2.05, 4.69) is 10.2 Å². The molecule has 1 heterocycles. The van der Waals surface area contributed by atoms with Gasteiger partial charge in [0.25, 0.3) is 0 Å². The highest BCUT2D eigenvalue weighted by molar-refractivity contribution is 7.92. The van der Waals surface area contributed by atoms with E-state index in [1.807, 2.05) is 0 Å². The Bertz CT molecular complexity index is 1160. The van der Waals surface area contributed by atoms with Crippen molar-refractivity contribution >= 4 is 33.1 Å². The van der Waals surface area contributed by atoms with Crippen molar-refractivity contribution in [2.45, 2.75) is 16.5 Å². The van der Waals surface area contributed by atoms with Crippen LogP contribution in [0.3, 0.4) is 0 Å². The van der Waals surface area contributed by atoms with Gasteiger partial charge in [-0.25, -0.2) is 8.42 Å². The van der Waals surface area contributed by atoms with Crippen LogP contribution in [0.4, 0.5) is 0 Å². The van der Waals surface area contributed by atoms with Crippen molar-refractivity contribution in [3.8, 4) is 10.9 Å². The highest BCUT2D eigenvalue weighted by atomic mass is 32.2. The van der Waals surface area contributed by atoms with E-state index in [1.165, 1.54) is 30.3 Å². The molecule has 0 aliphatic heterocycles. The van der Waals surface area contributed by atoms with Crippen LogP contribution in [-0.4, -0.2) is 35.6 Å². The SMILES string of the molecule is NC(=O)c1ccc(CS(=O)(=O)c2nnc(Oc3cccc(CC(=O)O)c3)s2)cc1. The standard InChI is InChI=1S/C18H15N3O6S2/c19-16(24)13-6-4-11(5-7-13)10-29(25,26)18-21-20-17(28-18)27-14-3-1-2-12(8-14)9-15(22)23/h1-8H,9-10H2,(H2,19,24)(H,22,23). The first kappa shape index (κ1) is 20.4. The van der Waals surface area contributed by atoms with Crippen molar-refractivity contribution in [1.29, 1.82) is 0 Å². The maximum Gasteiger partial charge on any atom is 0.307 e. The zero-order chi connectivity index (χ0) is 21.0. The highest BCUT2D eigenvalue weighted by Crippen LogP contribution is 2.29. The Morgan fingerprint density at radius 3 is 2.45 bits per heavy atom. The molecule has 9 nitrogen and oxygen atoms in total. The summed E-state index contributed by atoms with van der Waals surface area (Å²) in [5.74, 6) is -1.58. The molecular weight excluding hydrogens is 418 g/mol. The van der Waals surface area contributed by atoms with Crippen LogP contribution in [0.25, 0.3) is 0 Å². The summed E-state index contributed by atoms with van der Waals surface area (Å²) in [6.07, 6.45) is -0.165. The monoisotopic (exact) mass is 433 g/mol. The number of hydrogen-bond donors (Lipinski definition) is 2. The van der Waals surface area contributed by atoms with Crippen LogP contribution in [-0.2, 0) is 26.8 Å². The molecule has 0 saturated carbocycles. The smallest absolute Gasteiger partial charge is 0.307 e. The molecule has 3 N–H and O–H groups in total. The first-order valence-corrected chi connectivity index (χ1v) is 10.6. The van der Waals surface area contributed by atoms with Gasteiger partial charge >= 0.3 is 11.2 Å². The van der Waals surface area contributed by atoms with Gasteiger partial charge in [0, 0.05) is 5.56 Å². The number of ether oxygens (including phenoxy) is 1. The number of hydrogen-bond acceptors (Lipinski definition) is 8. The van der Waals surface area contributed by atoms with Gasteiger partial charge in [0.1, 0.15) is 5.75 Å². The van der Waals surface area contributed by atoms with Crippen molar-refractivity contribution in [2.75, 3.05) is 0 Å². The van der Waals surface area contributed by atoms with E-state index in [0.717, 1.165) is 11.3 Å². The summed E-state index contributed by atoms with van der Waals surface area (Å²) in [6.45, 7) is 0. The molecule has 0 bridgehead atoms. The number of aromatic nitrogens is 2. The van der Waals surface area contributed by atoms with Crippen LogP contribution in [0.2, 0.25) is 0 Å². The number of carbonyl (C=O) groups excluding carboxylic acids is 1. The third-order valence-corrected chi connectivity index (χ3v) is 6.64. The molecule has 0 atom stereocenters. The minimum atomic E-state index is -3.77. The molecule has 150 valence electrons. The van der Waals surface area contributed by atoms with Gasteiger partial charge in [-0.3, -0.25) is 9.59 Å². The van der Waals surface area contributed by atoms with Gasteiger partial charge in [-0.2, -0.15) is 0 Å². The van der Waals surface area contributed by atoms with Crippen molar-refractivity contribution in [3.63, 3.8) is 0 Å². The van der Waals surface area contributed by atoms with Crippen LogP contribution in [0, 0.1) is 0 Å². The minimum Gasteiger partial charge on any atom is -0.481 e. The lowest BCUT2D eigenvalue weighted by molar-refractivity contribution is -0.136. The Balaban J connectivity index is 1.73. The molecule has 0 unspecified atom stereocenters. The Morgan fingerprint density at radius 1 is 1.07 bits per heavy atom. The highest BCUT2D eigenvalue weighted by Gasteiger charge is 2.22. The molecular formula is C18H15N3O6S2. The summed E-state index contributed by atoms with van der Waals surface area (Å²) < 4.78 is 30.4. The molecule has 1 aromatic heterocycles. The van der Waals surface area contributed by atoms with Crippen molar-refractivity contribution < 1.29 is 27.9 Å².